The van der Waals surface area contributed by atoms with Gasteiger partial charge in [-0.25, -0.2) is 0 Å². The molecule has 0 aliphatic heterocycles. The van der Waals surface area contributed by atoms with Gasteiger partial charge in [-0.1, -0.05) is 12.8 Å². The number of hydrogen-bond donors (Lipinski definition) is 2. The van der Waals surface area contributed by atoms with E-state index in [4.69, 9.17) is 5.11 Å². The van der Waals surface area contributed by atoms with Crippen LogP contribution in [-0.2, 0) is 11.3 Å². The van der Waals surface area contributed by atoms with E-state index in [1.54, 1.807) is 18.3 Å². The van der Waals surface area contributed by atoms with Crippen molar-refractivity contribution >= 4 is 11.9 Å². The van der Waals surface area contributed by atoms with Gasteiger partial charge in [-0.3, -0.25) is 9.59 Å². The van der Waals surface area contributed by atoms with Crippen LogP contribution >= 0.6 is 0 Å². The first kappa shape index (κ1) is 12.7. The Morgan fingerprint density at radius 2 is 2.28 bits per heavy atom. The molecule has 1 fully saturated rings. The van der Waals surface area contributed by atoms with Crippen LogP contribution in [0, 0.1) is 5.92 Å². The number of nitrogens with zero attached hydrogens (tertiary/aromatic N) is 1. The fourth-order valence-electron chi connectivity index (χ4n) is 2.11. The highest BCUT2D eigenvalue weighted by Crippen LogP contribution is 2.33. The summed E-state index contributed by atoms with van der Waals surface area (Å²) in [6.45, 7) is 1.80. The summed E-state index contributed by atoms with van der Waals surface area (Å²) in [4.78, 5) is 22.7. The van der Waals surface area contributed by atoms with Gasteiger partial charge >= 0.3 is 5.97 Å². The van der Waals surface area contributed by atoms with E-state index in [-0.39, 0.29) is 18.5 Å². The first-order valence-corrected chi connectivity index (χ1v) is 6.24. The molecule has 1 aromatic rings. The second-order valence-corrected chi connectivity index (χ2v) is 4.97. The van der Waals surface area contributed by atoms with Crippen LogP contribution in [0.4, 0.5) is 0 Å². The highest BCUT2D eigenvalue weighted by atomic mass is 16.4. The quantitative estimate of drug-likeness (QED) is 0.803. The molecular weight excluding hydrogens is 232 g/mol. The first-order valence-electron chi connectivity index (χ1n) is 6.24. The second kappa shape index (κ2) is 5.25. The summed E-state index contributed by atoms with van der Waals surface area (Å²) in [5.41, 5.74) is 0.403. The molecule has 5 heteroatoms. The molecule has 1 aliphatic rings. The van der Waals surface area contributed by atoms with Gasteiger partial charge in [0, 0.05) is 12.2 Å². The maximum atomic E-state index is 12.0. The lowest BCUT2D eigenvalue weighted by atomic mass is 10.1. The van der Waals surface area contributed by atoms with Crippen LogP contribution < -0.4 is 5.32 Å². The maximum Gasteiger partial charge on any atom is 0.323 e. The Morgan fingerprint density at radius 1 is 1.56 bits per heavy atom. The van der Waals surface area contributed by atoms with Gasteiger partial charge in [0.05, 0.1) is 0 Å². The minimum atomic E-state index is -0.953. The lowest BCUT2D eigenvalue weighted by molar-refractivity contribution is -0.137. The zero-order valence-electron chi connectivity index (χ0n) is 10.4. The van der Waals surface area contributed by atoms with Crippen LogP contribution in [0.5, 0.6) is 0 Å². The lowest BCUT2D eigenvalue weighted by Gasteiger charge is -2.14. The molecule has 1 aromatic heterocycles. The van der Waals surface area contributed by atoms with Gasteiger partial charge in [-0.15, -0.1) is 0 Å². The summed E-state index contributed by atoms with van der Waals surface area (Å²) in [6, 6.07) is 3.46. The molecule has 1 amide bonds. The smallest absolute Gasteiger partial charge is 0.323 e. The predicted molar refractivity (Wildman–Crippen MR) is 66.3 cm³/mol. The Kier molecular flexibility index (Phi) is 3.69. The van der Waals surface area contributed by atoms with Crippen LogP contribution in [0.25, 0.3) is 0 Å². The van der Waals surface area contributed by atoms with Gasteiger partial charge in [0.1, 0.15) is 12.2 Å². The minimum Gasteiger partial charge on any atom is -0.480 e. The van der Waals surface area contributed by atoms with Gasteiger partial charge in [-0.2, -0.15) is 0 Å². The number of carboxylic acid groups (broad SMARTS) is 1. The van der Waals surface area contributed by atoms with Gasteiger partial charge in [0.15, 0.2) is 0 Å². The molecule has 0 aromatic carbocycles. The Morgan fingerprint density at radius 3 is 2.89 bits per heavy atom. The van der Waals surface area contributed by atoms with E-state index in [9.17, 15) is 9.59 Å². The largest absolute Gasteiger partial charge is 0.480 e. The zero-order chi connectivity index (χ0) is 13.1. The molecule has 1 unspecified atom stereocenters. The number of nitrogens with one attached hydrogen (secondary N) is 1. The first-order chi connectivity index (χ1) is 8.56. The third-order valence-electron chi connectivity index (χ3n) is 3.13. The Balaban J connectivity index is 1.94. The third-order valence-corrected chi connectivity index (χ3v) is 3.13. The topological polar surface area (TPSA) is 71.3 Å². The molecule has 2 N–H and O–H groups in total. The van der Waals surface area contributed by atoms with E-state index >= 15 is 0 Å². The molecule has 0 radical (unpaired) electrons. The SMILES string of the molecule is CC(CC1CC1)NC(=O)c1cccn1CC(=O)O. The molecule has 1 aliphatic carbocycles. The Labute approximate surface area is 106 Å². The summed E-state index contributed by atoms with van der Waals surface area (Å²) in [7, 11) is 0. The van der Waals surface area contributed by atoms with Gasteiger partial charge in [0.2, 0.25) is 0 Å². The molecule has 0 spiro atoms. The number of aliphatic carboxylic acids is 1. The highest BCUT2D eigenvalue weighted by Gasteiger charge is 2.24. The molecule has 98 valence electrons. The van der Waals surface area contributed by atoms with Crippen LogP contribution in [-0.4, -0.2) is 27.6 Å². The van der Waals surface area contributed by atoms with Crippen LogP contribution in [0.1, 0.15) is 36.7 Å². The molecular formula is C13H18N2O3. The fraction of sp³-hybridized carbons (Fsp3) is 0.538. The van der Waals surface area contributed by atoms with Gasteiger partial charge in [0.25, 0.3) is 5.91 Å². The Bertz CT molecular complexity index is 449. The number of amides is 1. The van der Waals surface area contributed by atoms with Crippen LogP contribution in [0.3, 0.4) is 0 Å². The van der Waals surface area contributed by atoms with Crippen molar-refractivity contribution in [3.8, 4) is 0 Å². The summed E-state index contributed by atoms with van der Waals surface area (Å²) < 4.78 is 1.45. The standard InChI is InChI=1S/C13H18N2O3/c1-9(7-10-4-5-10)14-13(18)11-3-2-6-15(11)8-12(16)17/h2-3,6,9-10H,4-5,7-8H2,1H3,(H,14,18)(H,16,17). The summed E-state index contributed by atoms with van der Waals surface area (Å²) in [6.07, 6.45) is 5.13. The van der Waals surface area contributed by atoms with E-state index in [0.29, 0.717) is 5.69 Å². The van der Waals surface area contributed by atoms with Crippen molar-refractivity contribution in [3.63, 3.8) is 0 Å². The van der Waals surface area contributed by atoms with Crippen molar-refractivity contribution in [3.05, 3.63) is 24.0 Å². The highest BCUT2D eigenvalue weighted by molar-refractivity contribution is 5.93. The molecule has 2 rings (SSSR count). The molecule has 0 bridgehead atoms. The zero-order valence-corrected chi connectivity index (χ0v) is 10.4. The molecule has 5 nitrogen and oxygen atoms in total. The number of aromatic nitrogens is 1. The average Bonchev–Trinajstić information content (AvgIpc) is 2.94. The van der Waals surface area contributed by atoms with Crippen molar-refractivity contribution < 1.29 is 14.7 Å². The normalized spacial score (nSPS) is 16.3. The second-order valence-electron chi connectivity index (χ2n) is 4.97. The molecule has 0 saturated heterocycles. The average molecular weight is 250 g/mol. The Hall–Kier alpha value is -1.78. The molecule has 1 atom stereocenters. The van der Waals surface area contributed by atoms with Crippen LogP contribution in [0.15, 0.2) is 18.3 Å². The lowest BCUT2D eigenvalue weighted by Crippen LogP contribution is -2.34. The van der Waals surface area contributed by atoms with E-state index < -0.39 is 5.97 Å². The number of carboxylic acids is 1. The van der Waals surface area contributed by atoms with Crippen molar-refractivity contribution in [1.29, 1.82) is 0 Å². The molecule has 1 saturated carbocycles. The van der Waals surface area contributed by atoms with Gasteiger partial charge in [-0.05, 0) is 31.4 Å². The van der Waals surface area contributed by atoms with Crippen molar-refractivity contribution in [2.24, 2.45) is 5.92 Å². The minimum absolute atomic E-state index is 0.137. The summed E-state index contributed by atoms with van der Waals surface area (Å²) >= 11 is 0. The van der Waals surface area contributed by atoms with Crippen molar-refractivity contribution in [2.45, 2.75) is 38.8 Å². The van der Waals surface area contributed by atoms with E-state index in [2.05, 4.69) is 5.32 Å². The van der Waals surface area contributed by atoms with Gasteiger partial charge < -0.3 is 15.0 Å². The maximum absolute atomic E-state index is 12.0. The number of hydrogen-bond acceptors (Lipinski definition) is 2. The van der Waals surface area contributed by atoms with Crippen molar-refractivity contribution in [2.75, 3.05) is 0 Å². The summed E-state index contributed by atoms with van der Waals surface area (Å²) in [5.74, 6) is -0.396. The fourth-order valence-corrected chi connectivity index (χ4v) is 2.11. The van der Waals surface area contributed by atoms with Crippen LogP contribution in [0.2, 0.25) is 0 Å². The predicted octanol–water partition coefficient (Wildman–Crippen LogP) is 1.49. The monoisotopic (exact) mass is 250 g/mol. The summed E-state index contributed by atoms with van der Waals surface area (Å²) in [5, 5.41) is 11.7. The molecule has 18 heavy (non-hydrogen) atoms. The number of rotatable bonds is 6. The van der Waals surface area contributed by atoms with Crippen molar-refractivity contribution in [1.82, 2.24) is 9.88 Å². The van der Waals surface area contributed by atoms with E-state index in [1.807, 2.05) is 6.92 Å². The number of carbonyl (C=O) groups excluding carboxylic acids is 1. The third kappa shape index (κ3) is 3.35. The van der Waals surface area contributed by atoms with E-state index in [0.717, 1.165) is 12.3 Å². The molecule has 1 heterocycles. The number of carbonyl (C=O) groups is 2. The van der Waals surface area contributed by atoms with E-state index in [1.165, 1.54) is 17.4 Å².